The zero-order valence-corrected chi connectivity index (χ0v) is 12.3. The van der Waals surface area contributed by atoms with Gasteiger partial charge in [0.2, 0.25) is 12.7 Å². The van der Waals surface area contributed by atoms with E-state index in [1.807, 2.05) is 36.9 Å². The van der Waals surface area contributed by atoms with Crippen LogP contribution in [0.3, 0.4) is 0 Å². The standard InChI is InChI=1S/C15H22N2O3/c1-4-17(15(18)11(3)16)10(2)7-12-5-6-13-14(8-12)20-9-19-13/h5-6,8,10-11H,4,7,9,16H2,1-3H3/t10?,11-/m0/s1. The fourth-order valence-electron chi connectivity index (χ4n) is 2.47. The predicted molar refractivity (Wildman–Crippen MR) is 76.8 cm³/mol. The maximum absolute atomic E-state index is 12.0. The molecule has 0 radical (unpaired) electrons. The first kappa shape index (κ1) is 14.7. The third-order valence-corrected chi connectivity index (χ3v) is 3.51. The van der Waals surface area contributed by atoms with Crippen LogP contribution >= 0.6 is 0 Å². The highest BCUT2D eigenvalue weighted by Crippen LogP contribution is 2.32. The minimum Gasteiger partial charge on any atom is -0.454 e. The lowest BCUT2D eigenvalue weighted by molar-refractivity contribution is -0.133. The largest absolute Gasteiger partial charge is 0.454 e. The number of hydrogen-bond acceptors (Lipinski definition) is 4. The highest BCUT2D eigenvalue weighted by molar-refractivity contribution is 5.81. The van der Waals surface area contributed by atoms with Crippen molar-refractivity contribution >= 4 is 5.91 Å². The van der Waals surface area contributed by atoms with Crippen molar-refractivity contribution in [1.82, 2.24) is 4.90 Å². The maximum atomic E-state index is 12.0. The van der Waals surface area contributed by atoms with Crippen LogP contribution in [0.4, 0.5) is 0 Å². The molecule has 1 aromatic carbocycles. The summed E-state index contributed by atoms with van der Waals surface area (Å²) in [7, 11) is 0. The zero-order chi connectivity index (χ0) is 14.7. The van der Waals surface area contributed by atoms with Crippen LogP contribution in [0.25, 0.3) is 0 Å². The van der Waals surface area contributed by atoms with Crippen molar-refractivity contribution in [3.63, 3.8) is 0 Å². The Morgan fingerprint density at radius 1 is 1.35 bits per heavy atom. The number of nitrogens with zero attached hydrogens (tertiary/aromatic N) is 1. The topological polar surface area (TPSA) is 64.8 Å². The number of amides is 1. The van der Waals surface area contributed by atoms with Crippen molar-refractivity contribution < 1.29 is 14.3 Å². The third kappa shape index (κ3) is 3.04. The monoisotopic (exact) mass is 278 g/mol. The fraction of sp³-hybridized carbons (Fsp3) is 0.533. The van der Waals surface area contributed by atoms with Crippen molar-refractivity contribution in [2.24, 2.45) is 5.73 Å². The Bertz CT molecular complexity index is 488. The third-order valence-electron chi connectivity index (χ3n) is 3.51. The van der Waals surface area contributed by atoms with Gasteiger partial charge in [0.25, 0.3) is 0 Å². The lowest BCUT2D eigenvalue weighted by Gasteiger charge is -2.29. The molecule has 5 nitrogen and oxygen atoms in total. The molecule has 0 saturated carbocycles. The van der Waals surface area contributed by atoms with Crippen molar-refractivity contribution in [2.75, 3.05) is 13.3 Å². The molecule has 1 aliphatic rings. The molecule has 0 spiro atoms. The van der Waals surface area contributed by atoms with Crippen LogP contribution in [0.5, 0.6) is 11.5 Å². The van der Waals surface area contributed by atoms with Gasteiger partial charge in [-0.3, -0.25) is 4.79 Å². The number of ether oxygens (including phenoxy) is 2. The van der Waals surface area contributed by atoms with E-state index in [-0.39, 0.29) is 18.7 Å². The Labute approximate surface area is 119 Å². The van der Waals surface area contributed by atoms with E-state index in [1.54, 1.807) is 6.92 Å². The van der Waals surface area contributed by atoms with E-state index in [0.29, 0.717) is 6.54 Å². The SMILES string of the molecule is CCN(C(=O)[C@H](C)N)C(C)Cc1ccc2c(c1)OCO2. The minimum absolute atomic E-state index is 0.0132. The van der Waals surface area contributed by atoms with Gasteiger partial charge >= 0.3 is 0 Å². The van der Waals surface area contributed by atoms with Gasteiger partial charge in [-0.1, -0.05) is 6.07 Å². The Hall–Kier alpha value is -1.75. The van der Waals surface area contributed by atoms with E-state index >= 15 is 0 Å². The van der Waals surface area contributed by atoms with Crippen LogP contribution < -0.4 is 15.2 Å². The molecule has 1 unspecified atom stereocenters. The highest BCUT2D eigenvalue weighted by Gasteiger charge is 2.22. The number of likely N-dealkylation sites (N-methyl/N-ethyl adjacent to an activating group) is 1. The summed E-state index contributed by atoms with van der Waals surface area (Å²) in [6, 6.07) is 5.53. The van der Waals surface area contributed by atoms with Gasteiger partial charge in [-0.15, -0.1) is 0 Å². The van der Waals surface area contributed by atoms with Crippen LogP contribution in [0, 0.1) is 0 Å². The highest BCUT2D eigenvalue weighted by atomic mass is 16.7. The van der Waals surface area contributed by atoms with E-state index in [0.717, 1.165) is 23.5 Å². The molecule has 1 aliphatic heterocycles. The molecule has 110 valence electrons. The molecule has 1 heterocycles. The molecule has 0 aromatic heterocycles. The van der Waals surface area contributed by atoms with Crippen LogP contribution in [0.1, 0.15) is 26.3 Å². The van der Waals surface area contributed by atoms with Crippen LogP contribution in [-0.4, -0.2) is 36.2 Å². The summed E-state index contributed by atoms with van der Waals surface area (Å²) in [6.45, 7) is 6.66. The van der Waals surface area contributed by atoms with Crippen molar-refractivity contribution in [2.45, 2.75) is 39.3 Å². The van der Waals surface area contributed by atoms with E-state index in [1.165, 1.54) is 0 Å². The van der Waals surface area contributed by atoms with Gasteiger partial charge in [0.05, 0.1) is 6.04 Å². The number of rotatable bonds is 5. The minimum atomic E-state index is -0.464. The predicted octanol–water partition coefficient (Wildman–Crippen LogP) is 1.54. The molecule has 1 amide bonds. The first-order chi connectivity index (χ1) is 9.52. The molecular formula is C15H22N2O3. The van der Waals surface area contributed by atoms with Crippen molar-refractivity contribution in [3.05, 3.63) is 23.8 Å². The number of fused-ring (bicyclic) bond motifs is 1. The molecule has 1 aromatic rings. The summed E-state index contributed by atoms with van der Waals surface area (Å²) < 4.78 is 10.7. The number of hydrogen-bond donors (Lipinski definition) is 1. The number of carbonyl (C=O) groups excluding carboxylic acids is 1. The first-order valence-corrected chi connectivity index (χ1v) is 6.97. The maximum Gasteiger partial charge on any atom is 0.239 e. The smallest absolute Gasteiger partial charge is 0.239 e. The Morgan fingerprint density at radius 3 is 2.70 bits per heavy atom. The van der Waals surface area contributed by atoms with Crippen molar-refractivity contribution in [3.8, 4) is 11.5 Å². The first-order valence-electron chi connectivity index (χ1n) is 6.97. The molecule has 20 heavy (non-hydrogen) atoms. The fourth-order valence-corrected chi connectivity index (χ4v) is 2.47. The molecule has 2 N–H and O–H groups in total. The summed E-state index contributed by atoms with van der Waals surface area (Å²) in [4.78, 5) is 13.9. The average molecular weight is 278 g/mol. The number of carbonyl (C=O) groups is 1. The summed E-state index contributed by atoms with van der Waals surface area (Å²) >= 11 is 0. The van der Waals surface area contributed by atoms with Crippen LogP contribution in [0.15, 0.2) is 18.2 Å². The van der Waals surface area contributed by atoms with Crippen molar-refractivity contribution in [1.29, 1.82) is 0 Å². The van der Waals surface area contributed by atoms with E-state index in [2.05, 4.69) is 0 Å². The average Bonchev–Trinajstić information content (AvgIpc) is 2.86. The molecule has 2 atom stereocenters. The quantitative estimate of drug-likeness (QED) is 0.887. The van der Waals surface area contributed by atoms with Gasteiger partial charge in [0.1, 0.15) is 0 Å². The normalized spacial score (nSPS) is 15.8. The lowest BCUT2D eigenvalue weighted by Crippen LogP contribution is -2.47. The van der Waals surface area contributed by atoms with E-state index in [4.69, 9.17) is 15.2 Å². The molecule has 5 heteroatoms. The van der Waals surface area contributed by atoms with Gasteiger partial charge in [0.15, 0.2) is 11.5 Å². The molecular weight excluding hydrogens is 256 g/mol. The molecule has 0 bridgehead atoms. The van der Waals surface area contributed by atoms with E-state index in [9.17, 15) is 4.79 Å². The molecule has 0 saturated heterocycles. The summed E-state index contributed by atoms with van der Waals surface area (Å²) in [5.74, 6) is 1.54. The number of nitrogens with two attached hydrogens (primary N) is 1. The Kier molecular flexibility index (Phi) is 4.49. The number of benzene rings is 1. The van der Waals surface area contributed by atoms with E-state index < -0.39 is 6.04 Å². The van der Waals surface area contributed by atoms with Gasteiger partial charge in [-0.25, -0.2) is 0 Å². The summed E-state index contributed by atoms with van der Waals surface area (Å²) in [6.07, 6.45) is 0.767. The van der Waals surface area contributed by atoms with Gasteiger partial charge in [-0.05, 0) is 44.9 Å². The Morgan fingerprint density at radius 2 is 2.05 bits per heavy atom. The second kappa shape index (κ2) is 6.13. The second-order valence-corrected chi connectivity index (χ2v) is 5.15. The second-order valence-electron chi connectivity index (χ2n) is 5.15. The molecule has 2 rings (SSSR count). The van der Waals surface area contributed by atoms with Crippen LogP contribution in [-0.2, 0) is 11.2 Å². The zero-order valence-electron chi connectivity index (χ0n) is 12.3. The van der Waals surface area contributed by atoms with Gasteiger partial charge in [0, 0.05) is 12.6 Å². The van der Waals surface area contributed by atoms with Crippen LogP contribution in [0.2, 0.25) is 0 Å². The summed E-state index contributed by atoms with van der Waals surface area (Å²) in [5, 5.41) is 0. The Balaban J connectivity index is 2.06. The lowest BCUT2D eigenvalue weighted by atomic mass is 10.0. The summed E-state index contributed by atoms with van der Waals surface area (Å²) in [5.41, 5.74) is 6.81. The van der Waals surface area contributed by atoms with Gasteiger partial charge in [-0.2, -0.15) is 0 Å². The van der Waals surface area contributed by atoms with Gasteiger partial charge < -0.3 is 20.1 Å². The molecule has 0 fully saturated rings. The molecule has 0 aliphatic carbocycles.